The summed E-state index contributed by atoms with van der Waals surface area (Å²) in [5.41, 5.74) is 2.66. The fraction of sp³-hybridized carbons (Fsp3) is 0.192. The smallest absolute Gasteiger partial charge is 0.339 e. The van der Waals surface area contributed by atoms with Crippen LogP contribution >= 0.6 is 27.5 Å². The van der Waals surface area contributed by atoms with Crippen molar-refractivity contribution < 1.29 is 18.7 Å². The Hall–Kier alpha value is -3.16. The van der Waals surface area contributed by atoms with E-state index < -0.39 is 5.97 Å². The molecule has 4 rings (SSSR count). The van der Waals surface area contributed by atoms with Crippen molar-refractivity contribution in [2.24, 2.45) is 5.10 Å². The fourth-order valence-electron chi connectivity index (χ4n) is 3.42. The molecular weight excluding hydrogens is 520 g/mol. The molecule has 0 fully saturated rings. The number of hydrogen-bond donors (Lipinski definition) is 0. The third kappa shape index (κ3) is 5.16. The lowest BCUT2D eigenvalue weighted by molar-refractivity contribution is -0.114. The van der Waals surface area contributed by atoms with Crippen LogP contribution < -0.4 is 5.01 Å². The molecule has 6 nitrogen and oxygen atoms in total. The number of hydrazone groups is 1. The summed E-state index contributed by atoms with van der Waals surface area (Å²) < 4.78 is 12.1. The summed E-state index contributed by atoms with van der Waals surface area (Å²) in [6.07, 6.45) is 3.39. The number of rotatable bonds is 7. The van der Waals surface area contributed by atoms with Gasteiger partial charge in [0.05, 0.1) is 34.2 Å². The molecule has 0 spiro atoms. The summed E-state index contributed by atoms with van der Waals surface area (Å²) in [5, 5.41) is 6.08. The van der Waals surface area contributed by atoms with Crippen LogP contribution in [0.15, 0.2) is 74.2 Å². The highest BCUT2D eigenvalue weighted by atomic mass is 79.9. The minimum absolute atomic E-state index is 0.239. The van der Waals surface area contributed by atoms with Crippen LogP contribution in [0.1, 0.15) is 42.8 Å². The number of anilines is 1. The first kappa shape index (κ1) is 24.0. The van der Waals surface area contributed by atoms with Gasteiger partial charge in [0.1, 0.15) is 11.5 Å². The largest absolute Gasteiger partial charge is 0.462 e. The van der Waals surface area contributed by atoms with E-state index in [2.05, 4.69) is 21.0 Å². The number of furan rings is 1. The van der Waals surface area contributed by atoms with Gasteiger partial charge in [-0.05, 0) is 68.0 Å². The van der Waals surface area contributed by atoms with Crippen molar-refractivity contribution in [3.8, 4) is 11.3 Å². The fourth-order valence-corrected chi connectivity index (χ4v) is 4.00. The van der Waals surface area contributed by atoms with Gasteiger partial charge < -0.3 is 9.15 Å². The van der Waals surface area contributed by atoms with Gasteiger partial charge in [-0.1, -0.05) is 46.9 Å². The number of unbranched alkanes of at least 4 members (excludes halogenated alkanes) is 1. The Balaban J connectivity index is 1.56. The third-order valence-electron chi connectivity index (χ3n) is 5.23. The first-order chi connectivity index (χ1) is 16.4. The van der Waals surface area contributed by atoms with E-state index in [1.54, 1.807) is 43.3 Å². The van der Waals surface area contributed by atoms with Gasteiger partial charge in [0, 0.05) is 10.0 Å². The summed E-state index contributed by atoms with van der Waals surface area (Å²) in [4.78, 5) is 25.4. The summed E-state index contributed by atoms with van der Waals surface area (Å²) in [6, 6.07) is 16.0. The van der Waals surface area contributed by atoms with Crippen molar-refractivity contribution >= 4 is 56.9 Å². The van der Waals surface area contributed by atoms with Gasteiger partial charge in [0.15, 0.2) is 0 Å². The molecule has 0 atom stereocenters. The molecule has 1 aromatic heterocycles. The number of nitrogens with zero attached hydrogens (tertiary/aromatic N) is 2. The quantitative estimate of drug-likeness (QED) is 0.181. The van der Waals surface area contributed by atoms with E-state index in [9.17, 15) is 9.59 Å². The molecule has 3 aromatic rings. The second-order valence-corrected chi connectivity index (χ2v) is 9.05. The minimum Gasteiger partial charge on any atom is -0.462 e. The number of halogens is 2. The zero-order valence-electron chi connectivity index (χ0n) is 18.7. The van der Waals surface area contributed by atoms with Gasteiger partial charge >= 0.3 is 5.97 Å². The lowest BCUT2D eigenvalue weighted by Crippen LogP contribution is -2.21. The molecule has 0 N–H and O–H groups in total. The second kappa shape index (κ2) is 10.4. The highest BCUT2D eigenvalue weighted by Gasteiger charge is 2.29. The summed E-state index contributed by atoms with van der Waals surface area (Å²) in [6.45, 7) is 4.15. The first-order valence-electron chi connectivity index (χ1n) is 10.8. The molecular formula is C26H22BrClN2O4. The van der Waals surface area contributed by atoms with Crippen molar-refractivity contribution in [1.82, 2.24) is 0 Å². The van der Waals surface area contributed by atoms with Gasteiger partial charge in [0.2, 0.25) is 0 Å². The van der Waals surface area contributed by atoms with Gasteiger partial charge in [0.25, 0.3) is 5.91 Å². The van der Waals surface area contributed by atoms with Crippen LogP contribution in [-0.4, -0.2) is 24.2 Å². The van der Waals surface area contributed by atoms with Crippen molar-refractivity contribution in [2.45, 2.75) is 26.7 Å². The first-order valence-corrected chi connectivity index (χ1v) is 12.0. The highest BCUT2D eigenvalue weighted by molar-refractivity contribution is 9.10. The summed E-state index contributed by atoms with van der Waals surface area (Å²) in [5.74, 6) is 0.323. The average Bonchev–Trinajstić information content (AvgIpc) is 3.40. The minimum atomic E-state index is -0.467. The topological polar surface area (TPSA) is 72.1 Å². The van der Waals surface area contributed by atoms with E-state index in [0.29, 0.717) is 45.7 Å². The zero-order chi connectivity index (χ0) is 24.2. The van der Waals surface area contributed by atoms with Crippen molar-refractivity contribution in [3.05, 3.63) is 81.0 Å². The number of hydrogen-bond acceptors (Lipinski definition) is 5. The molecule has 2 heterocycles. The normalized spacial score (nSPS) is 14.6. The monoisotopic (exact) mass is 540 g/mol. The maximum atomic E-state index is 13.0. The van der Waals surface area contributed by atoms with Crippen LogP contribution in [0.25, 0.3) is 17.4 Å². The third-order valence-corrected chi connectivity index (χ3v) is 6.05. The molecule has 0 aliphatic carbocycles. The molecule has 0 saturated carbocycles. The highest BCUT2D eigenvalue weighted by Crippen LogP contribution is 2.30. The second-order valence-electron chi connectivity index (χ2n) is 7.73. The molecule has 174 valence electrons. The van der Waals surface area contributed by atoms with E-state index in [1.165, 1.54) is 5.01 Å². The standard InChI is InChI=1S/C26H22BrClN2O4/c1-3-4-12-33-26(32)22-13-17(8-10-23(22)28)24-11-9-20(34-24)15-21-16(2)29-30(25(21)31)19-7-5-6-18(27)14-19/h5-11,13-15H,3-4,12H2,1-2H3/b21-15-. The van der Waals surface area contributed by atoms with Gasteiger partial charge in [-0.25, -0.2) is 4.79 Å². The van der Waals surface area contributed by atoms with Crippen molar-refractivity contribution in [1.29, 1.82) is 0 Å². The average molecular weight is 542 g/mol. The Morgan fingerprint density at radius 2 is 2.03 bits per heavy atom. The molecule has 0 bridgehead atoms. The molecule has 8 heteroatoms. The van der Waals surface area contributed by atoms with Gasteiger partial charge in [-0.3, -0.25) is 4.79 Å². The zero-order valence-corrected chi connectivity index (χ0v) is 21.0. The molecule has 2 aromatic carbocycles. The van der Waals surface area contributed by atoms with E-state index in [1.807, 2.05) is 31.2 Å². The SMILES string of the molecule is CCCCOC(=O)c1cc(-c2ccc(/C=C3\C(=O)N(c4cccc(Br)c4)N=C3C)o2)ccc1Cl. The molecule has 34 heavy (non-hydrogen) atoms. The summed E-state index contributed by atoms with van der Waals surface area (Å²) in [7, 11) is 0. The molecule has 1 amide bonds. The predicted octanol–water partition coefficient (Wildman–Crippen LogP) is 7.13. The maximum absolute atomic E-state index is 13.0. The Bertz CT molecular complexity index is 1310. The van der Waals surface area contributed by atoms with Crippen LogP contribution in [0.3, 0.4) is 0 Å². The van der Waals surface area contributed by atoms with Crippen molar-refractivity contribution in [3.63, 3.8) is 0 Å². The van der Waals surface area contributed by atoms with Gasteiger partial charge in [-0.15, -0.1) is 0 Å². The predicted molar refractivity (Wildman–Crippen MR) is 137 cm³/mol. The maximum Gasteiger partial charge on any atom is 0.339 e. The molecule has 0 unspecified atom stereocenters. The number of carbonyl (C=O) groups is 2. The van der Waals surface area contributed by atoms with E-state index in [4.69, 9.17) is 20.8 Å². The van der Waals surface area contributed by atoms with E-state index >= 15 is 0 Å². The van der Waals surface area contributed by atoms with E-state index in [0.717, 1.165) is 17.3 Å². The number of ether oxygens (including phenoxy) is 1. The number of amides is 1. The van der Waals surface area contributed by atoms with E-state index in [-0.39, 0.29) is 11.5 Å². The molecule has 0 radical (unpaired) electrons. The molecule has 1 aliphatic heterocycles. The van der Waals surface area contributed by atoms with Crippen LogP contribution in [0.4, 0.5) is 5.69 Å². The van der Waals surface area contributed by atoms with Crippen LogP contribution in [0, 0.1) is 0 Å². The van der Waals surface area contributed by atoms with Crippen LogP contribution in [0.2, 0.25) is 5.02 Å². The lowest BCUT2D eigenvalue weighted by Gasteiger charge is -2.11. The number of carbonyl (C=O) groups excluding carboxylic acids is 2. The lowest BCUT2D eigenvalue weighted by atomic mass is 10.1. The number of esters is 1. The Labute approximate surface area is 211 Å². The van der Waals surface area contributed by atoms with Crippen LogP contribution in [-0.2, 0) is 9.53 Å². The summed E-state index contributed by atoms with van der Waals surface area (Å²) >= 11 is 9.64. The Kier molecular flexibility index (Phi) is 7.34. The number of benzene rings is 2. The Morgan fingerprint density at radius 3 is 2.79 bits per heavy atom. The van der Waals surface area contributed by atoms with Crippen molar-refractivity contribution in [2.75, 3.05) is 11.6 Å². The van der Waals surface area contributed by atoms with Crippen LogP contribution in [0.5, 0.6) is 0 Å². The molecule has 0 saturated heterocycles. The Morgan fingerprint density at radius 1 is 1.21 bits per heavy atom. The van der Waals surface area contributed by atoms with Gasteiger partial charge in [-0.2, -0.15) is 10.1 Å². The molecule has 1 aliphatic rings.